The van der Waals surface area contributed by atoms with Crippen molar-refractivity contribution in [2.45, 2.75) is 46.1 Å². The van der Waals surface area contributed by atoms with E-state index in [0.29, 0.717) is 13.0 Å². The Balaban J connectivity index is 1.27. The summed E-state index contributed by atoms with van der Waals surface area (Å²) in [6.45, 7) is 6.32. The highest BCUT2D eigenvalue weighted by atomic mass is 16.4. The second kappa shape index (κ2) is 11.8. The van der Waals surface area contributed by atoms with E-state index in [9.17, 15) is 14.7 Å². The number of carboxylic acid groups (broad SMARTS) is 1. The third-order valence-corrected chi connectivity index (χ3v) is 7.89. The first-order valence-corrected chi connectivity index (χ1v) is 13.9. The van der Waals surface area contributed by atoms with Crippen LogP contribution in [0.15, 0.2) is 73.1 Å². The number of hydrogen-bond acceptors (Lipinski definition) is 4. The third-order valence-electron chi connectivity index (χ3n) is 7.89. The van der Waals surface area contributed by atoms with Crippen LogP contribution in [-0.4, -0.2) is 46.9 Å². The summed E-state index contributed by atoms with van der Waals surface area (Å²) in [7, 11) is 2.09. The molecule has 7 heteroatoms. The second-order valence-corrected chi connectivity index (χ2v) is 10.6. The van der Waals surface area contributed by atoms with Crippen molar-refractivity contribution in [3.05, 3.63) is 101 Å². The van der Waals surface area contributed by atoms with Gasteiger partial charge in [0.25, 0.3) is 0 Å². The van der Waals surface area contributed by atoms with Crippen LogP contribution in [0, 0.1) is 13.8 Å². The molecule has 0 unspecified atom stereocenters. The van der Waals surface area contributed by atoms with E-state index < -0.39 is 5.97 Å². The van der Waals surface area contributed by atoms with Crippen LogP contribution in [0.1, 0.15) is 51.9 Å². The minimum Gasteiger partial charge on any atom is -0.478 e. The van der Waals surface area contributed by atoms with Crippen molar-refractivity contribution < 1.29 is 14.7 Å². The molecule has 1 N–H and O–H groups in total. The summed E-state index contributed by atoms with van der Waals surface area (Å²) in [6, 6.07) is 19.4. The number of amides is 1. The molecule has 1 aliphatic rings. The highest BCUT2D eigenvalue weighted by molar-refractivity contribution is 5.96. The predicted molar refractivity (Wildman–Crippen MR) is 159 cm³/mol. The monoisotopic (exact) mass is 536 g/mol. The van der Waals surface area contributed by atoms with Gasteiger partial charge in [-0.25, -0.2) is 4.79 Å². The first kappa shape index (κ1) is 27.2. The molecule has 3 aromatic carbocycles. The Morgan fingerprint density at radius 2 is 1.85 bits per heavy atom. The predicted octanol–water partition coefficient (Wildman–Crippen LogP) is 6.11. The zero-order valence-corrected chi connectivity index (χ0v) is 23.4. The number of carboxylic acids is 1. The van der Waals surface area contributed by atoms with Gasteiger partial charge in [-0.05, 0) is 85.2 Å². The summed E-state index contributed by atoms with van der Waals surface area (Å²) in [5, 5.41) is 13.8. The number of benzene rings is 3. The summed E-state index contributed by atoms with van der Waals surface area (Å²) in [4.78, 5) is 28.9. The van der Waals surface area contributed by atoms with Crippen LogP contribution in [0.3, 0.4) is 0 Å². The number of rotatable bonds is 9. The molecule has 40 heavy (non-hydrogen) atoms. The van der Waals surface area contributed by atoms with Crippen LogP contribution in [0.25, 0.3) is 11.1 Å². The van der Waals surface area contributed by atoms with Gasteiger partial charge >= 0.3 is 5.97 Å². The summed E-state index contributed by atoms with van der Waals surface area (Å²) >= 11 is 0. The fourth-order valence-electron chi connectivity index (χ4n) is 5.61. The van der Waals surface area contributed by atoms with E-state index in [1.54, 1.807) is 18.2 Å². The molecule has 0 spiro atoms. The summed E-state index contributed by atoms with van der Waals surface area (Å²) in [6.07, 6.45) is 6.98. The summed E-state index contributed by atoms with van der Waals surface area (Å²) < 4.78 is 1.83. The van der Waals surface area contributed by atoms with Crippen molar-refractivity contribution >= 4 is 23.3 Å². The largest absolute Gasteiger partial charge is 0.478 e. The number of carbonyl (C=O) groups is 2. The van der Waals surface area contributed by atoms with Crippen molar-refractivity contribution in [1.82, 2.24) is 9.78 Å². The number of nitrogens with zero attached hydrogens (tertiary/aromatic N) is 4. The van der Waals surface area contributed by atoms with Crippen molar-refractivity contribution in [2.75, 3.05) is 29.9 Å². The number of aromatic nitrogens is 2. The molecule has 0 atom stereocenters. The molecule has 4 aromatic rings. The Kier molecular flexibility index (Phi) is 8.01. The van der Waals surface area contributed by atoms with Crippen molar-refractivity contribution in [3.8, 4) is 11.1 Å². The van der Waals surface area contributed by atoms with Gasteiger partial charge in [-0.15, -0.1) is 0 Å². The van der Waals surface area contributed by atoms with E-state index in [1.807, 2.05) is 34.1 Å². The van der Waals surface area contributed by atoms with Gasteiger partial charge in [0, 0.05) is 49.7 Å². The number of hydrogen-bond donors (Lipinski definition) is 1. The summed E-state index contributed by atoms with van der Waals surface area (Å²) in [5.74, 6) is -0.770. The fourth-order valence-corrected chi connectivity index (χ4v) is 5.61. The minimum atomic E-state index is -0.939. The lowest BCUT2D eigenvalue weighted by Gasteiger charge is -2.31. The Morgan fingerprint density at radius 1 is 1.05 bits per heavy atom. The molecule has 0 saturated heterocycles. The maximum atomic E-state index is 13.4. The van der Waals surface area contributed by atoms with E-state index in [1.165, 1.54) is 22.4 Å². The Labute approximate surface area is 235 Å². The normalized spacial score (nSPS) is 12.7. The van der Waals surface area contributed by atoms with Gasteiger partial charge in [0.2, 0.25) is 5.91 Å². The average molecular weight is 537 g/mol. The number of aromatic carboxylic acids is 1. The topological polar surface area (TPSA) is 78.7 Å². The zero-order chi connectivity index (χ0) is 28.2. The van der Waals surface area contributed by atoms with E-state index in [0.717, 1.165) is 54.7 Å². The number of anilines is 2. The maximum absolute atomic E-state index is 13.4. The molecule has 0 bridgehead atoms. The standard InChI is InChI=1S/C33H36N4O3/c1-23-9-4-14-30(24(23)2)35(3)17-8-16-32(38)37-18-7-13-29-28(12-6-15-31(29)37)27-20-34-36(22-27)21-25-10-5-11-26(19-25)33(39)40/h4-6,9-12,14-15,19-20,22H,7-8,13,16-18,21H2,1-3H3,(H,39,40). The van der Waals surface area contributed by atoms with Crippen molar-refractivity contribution in [2.24, 2.45) is 0 Å². The fraction of sp³-hybridized carbons (Fsp3) is 0.303. The van der Waals surface area contributed by atoms with Gasteiger partial charge in [0.05, 0.1) is 18.3 Å². The highest BCUT2D eigenvalue weighted by Gasteiger charge is 2.25. The molecule has 1 aromatic heterocycles. The lowest BCUT2D eigenvalue weighted by atomic mass is 9.93. The third kappa shape index (κ3) is 5.78. The Morgan fingerprint density at radius 3 is 2.67 bits per heavy atom. The maximum Gasteiger partial charge on any atom is 0.335 e. The SMILES string of the molecule is Cc1cccc(N(C)CCCC(=O)N2CCCc3c(-c4cnn(Cc5cccc(C(=O)O)c5)c4)cccc32)c1C. The zero-order valence-electron chi connectivity index (χ0n) is 23.4. The lowest BCUT2D eigenvalue weighted by molar-refractivity contribution is -0.118. The molecule has 206 valence electrons. The molecule has 0 aliphatic carbocycles. The van der Waals surface area contributed by atoms with Crippen molar-refractivity contribution in [1.29, 1.82) is 0 Å². The first-order chi connectivity index (χ1) is 19.3. The lowest BCUT2D eigenvalue weighted by Crippen LogP contribution is -2.36. The Bertz CT molecular complexity index is 1540. The van der Waals surface area contributed by atoms with Crippen LogP contribution in [0.5, 0.6) is 0 Å². The van der Waals surface area contributed by atoms with Crippen LogP contribution >= 0.6 is 0 Å². The summed E-state index contributed by atoms with van der Waals surface area (Å²) in [5.41, 5.74) is 9.19. The molecule has 0 saturated carbocycles. The van der Waals surface area contributed by atoms with Crippen LogP contribution < -0.4 is 9.80 Å². The smallest absolute Gasteiger partial charge is 0.335 e. The second-order valence-electron chi connectivity index (χ2n) is 10.6. The average Bonchev–Trinajstić information content (AvgIpc) is 3.42. The van der Waals surface area contributed by atoms with Gasteiger partial charge in [-0.1, -0.05) is 36.4 Å². The van der Waals surface area contributed by atoms with E-state index in [4.69, 9.17) is 0 Å². The van der Waals surface area contributed by atoms with Crippen LogP contribution in [0.2, 0.25) is 0 Å². The molecule has 0 fully saturated rings. The molecule has 1 aliphatic heterocycles. The molecule has 0 radical (unpaired) electrons. The van der Waals surface area contributed by atoms with Gasteiger partial charge in [0.1, 0.15) is 0 Å². The van der Waals surface area contributed by atoms with Gasteiger partial charge in [-0.2, -0.15) is 5.10 Å². The van der Waals surface area contributed by atoms with Gasteiger partial charge in [0.15, 0.2) is 0 Å². The highest BCUT2D eigenvalue weighted by Crippen LogP contribution is 2.36. The molecule has 1 amide bonds. The van der Waals surface area contributed by atoms with E-state index >= 15 is 0 Å². The number of carbonyl (C=O) groups excluding carboxylic acids is 1. The van der Waals surface area contributed by atoms with Crippen LogP contribution in [0.4, 0.5) is 11.4 Å². The minimum absolute atomic E-state index is 0.168. The molecular weight excluding hydrogens is 500 g/mol. The first-order valence-electron chi connectivity index (χ1n) is 13.9. The molecule has 5 rings (SSSR count). The van der Waals surface area contributed by atoms with Gasteiger partial charge < -0.3 is 14.9 Å². The van der Waals surface area contributed by atoms with Crippen molar-refractivity contribution in [3.63, 3.8) is 0 Å². The van der Waals surface area contributed by atoms with Gasteiger partial charge in [-0.3, -0.25) is 9.48 Å². The van der Waals surface area contributed by atoms with E-state index in [-0.39, 0.29) is 11.5 Å². The van der Waals surface area contributed by atoms with Crippen LogP contribution in [-0.2, 0) is 17.8 Å². The number of fused-ring (bicyclic) bond motifs is 1. The molecule has 2 heterocycles. The molecule has 7 nitrogen and oxygen atoms in total. The molecular formula is C33H36N4O3. The quantitative estimate of drug-likeness (QED) is 0.279. The van der Waals surface area contributed by atoms with E-state index in [2.05, 4.69) is 61.2 Å². The Hall–Kier alpha value is -4.39. The number of aryl methyl sites for hydroxylation is 1.